The predicted octanol–water partition coefficient (Wildman–Crippen LogP) is 1.37. The van der Waals surface area contributed by atoms with Gasteiger partial charge in [-0.2, -0.15) is 0 Å². The number of piperazine rings is 1. The SMILES string of the molecule is CCC1CN2CCCCC2CN1CCCS(C)(=O)=O. The number of rotatable bonds is 5. The van der Waals surface area contributed by atoms with Gasteiger partial charge < -0.3 is 0 Å². The number of fused-ring (bicyclic) bond motifs is 1. The summed E-state index contributed by atoms with van der Waals surface area (Å²) in [7, 11) is -2.81. The van der Waals surface area contributed by atoms with E-state index in [4.69, 9.17) is 0 Å². The first-order valence-corrected chi connectivity index (χ1v) is 9.71. The molecule has 0 aromatic carbocycles. The molecule has 2 aliphatic heterocycles. The molecule has 0 N–H and O–H groups in total. The third-order valence-electron chi connectivity index (χ3n) is 4.59. The number of piperidine rings is 1. The van der Waals surface area contributed by atoms with Crippen molar-refractivity contribution in [3.63, 3.8) is 0 Å². The summed E-state index contributed by atoms with van der Waals surface area (Å²) in [5.74, 6) is 0.328. The van der Waals surface area contributed by atoms with Gasteiger partial charge in [-0.05, 0) is 38.8 Å². The largest absolute Gasteiger partial charge is 0.298 e. The molecule has 4 nitrogen and oxygen atoms in total. The van der Waals surface area contributed by atoms with Crippen molar-refractivity contribution < 1.29 is 8.42 Å². The molecule has 0 spiro atoms. The van der Waals surface area contributed by atoms with Crippen molar-refractivity contribution in [3.8, 4) is 0 Å². The van der Waals surface area contributed by atoms with Crippen LogP contribution in [-0.2, 0) is 9.84 Å². The van der Waals surface area contributed by atoms with Crippen LogP contribution in [0, 0.1) is 0 Å². The lowest BCUT2D eigenvalue weighted by Crippen LogP contribution is -2.59. The molecule has 2 unspecified atom stereocenters. The minimum absolute atomic E-state index is 0.328. The van der Waals surface area contributed by atoms with Crippen molar-refractivity contribution in [2.75, 3.05) is 38.2 Å². The minimum Gasteiger partial charge on any atom is -0.298 e. The molecule has 0 bridgehead atoms. The third-order valence-corrected chi connectivity index (χ3v) is 5.62. The predicted molar refractivity (Wildman–Crippen MR) is 79.2 cm³/mol. The second-order valence-corrected chi connectivity index (χ2v) is 8.44. The average Bonchev–Trinajstić information content (AvgIpc) is 2.36. The van der Waals surface area contributed by atoms with E-state index in [1.807, 2.05) is 0 Å². The zero-order valence-electron chi connectivity index (χ0n) is 12.3. The van der Waals surface area contributed by atoms with E-state index in [-0.39, 0.29) is 0 Å². The Morgan fingerprint density at radius 3 is 2.68 bits per heavy atom. The van der Waals surface area contributed by atoms with Gasteiger partial charge in [0.2, 0.25) is 0 Å². The minimum atomic E-state index is -2.81. The monoisotopic (exact) mass is 288 g/mol. The first-order valence-electron chi connectivity index (χ1n) is 7.65. The molecule has 0 saturated carbocycles. The van der Waals surface area contributed by atoms with Gasteiger partial charge >= 0.3 is 0 Å². The lowest BCUT2D eigenvalue weighted by molar-refractivity contribution is 0.00787. The number of nitrogens with zero attached hydrogens (tertiary/aromatic N) is 2. The number of hydrogen-bond donors (Lipinski definition) is 0. The molecule has 2 atom stereocenters. The molecule has 2 heterocycles. The van der Waals surface area contributed by atoms with Crippen molar-refractivity contribution in [2.45, 2.75) is 51.1 Å². The highest BCUT2D eigenvalue weighted by Gasteiger charge is 2.33. The van der Waals surface area contributed by atoms with Crippen molar-refractivity contribution in [3.05, 3.63) is 0 Å². The van der Waals surface area contributed by atoms with Crippen LogP contribution in [0.25, 0.3) is 0 Å². The maximum Gasteiger partial charge on any atom is 0.147 e. The van der Waals surface area contributed by atoms with Crippen LogP contribution in [0.3, 0.4) is 0 Å². The van der Waals surface area contributed by atoms with E-state index < -0.39 is 9.84 Å². The Kier molecular flexibility index (Phi) is 5.26. The third kappa shape index (κ3) is 4.43. The van der Waals surface area contributed by atoms with Crippen LogP contribution < -0.4 is 0 Å². The molecule has 2 fully saturated rings. The summed E-state index contributed by atoms with van der Waals surface area (Å²) in [5, 5.41) is 0. The van der Waals surface area contributed by atoms with E-state index >= 15 is 0 Å². The van der Waals surface area contributed by atoms with Crippen LogP contribution >= 0.6 is 0 Å². The van der Waals surface area contributed by atoms with E-state index in [0.29, 0.717) is 11.8 Å². The van der Waals surface area contributed by atoms with Gasteiger partial charge in [0.05, 0.1) is 5.75 Å². The molecule has 112 valence electrons. The highest BCUT2D eigenvalue weighted by atomic mass is 32.2. The molecule has 0 aromatic heterocycles. The van der Waals surface area contributed by atoms with Gasteiger partial charge in [0.25, 0.3) is 0 Å². The van der Waals surface area contributed by atoms with Crippen molar-refractivity contribution >= 4 is 9.84 Å². The summed E-state index contributed by atoms with van der Waals surface area (Å²) >= 11 is 0. The molecule has 2 rings (SSSR count). The van der Waals surface area contributed by atoms with Gasteiger partial charge in [0, 0.05) is 31.4 Å². The van der Waals surface area contributed by atoms with Crippen molar-refractivity contribution in [1.82, 2.24) is 9.80 Å². The second kappa shape index (κ2) is 6.55. The Labute approximate surface area is 118 Å². The first-order chi connectivity index (χ1) is 8.99. The number of hydrogen-bond acceptors (Lipinski definition) is 4. The lowest BCUT2D eigenvalue weighted by Gasteiger charge is -2.48. The summed E-state index contributed by atoms with van der Waals surface area (Å²) in [6.45, 7) is 6.77. The quantitative estimate of drug-likeness (QED) is 0.766. The van der Waals surface area contributed by atoms with Crippen LogP contribution in [0.1, 0.15) is 39.0 Å². The highest BCUT2D eigenvalue weighted by Crippen LogP contribution is 2.25. The van der Waals surface area contributed by atoms with Crippen LogP contribution in [-0.4, -0.2) is 68.5 Å². The Balaban J connectivity index is 1.87. The van der Waals surface area contributed by atoms with Gasteiger partial charge in [-0.15, -0.1) is 0 Å². The fourth-order valence-corrected chi connectivity index (χ4v) is 4.16. The summed E-state index contributed by atoms with van der Waals surface area (Å²) in [6.07, 6.45) is 7.31. The van der Waals surface area contributed by atoms with E-state index in [1.165, 1.54) is 45.0 Å². The molecule has 5 heteroatoms. The van der Waals surface area contributed by atoms with Crippen LogP contribution in [0.2, 0.25) is 0 Å². The Morgan fingerprint density at radius 2 is 2.00 bits per heavy atom. The Bertz CT molecular complexity index is 383. The molecule has 0 aromatic rings. The Morgan fingerprint density at radius 1 is 1.21 bits per heavy atom. The van der Waals surface area contributed by atoms with Gasteiger partial charge in [-0.25, -0.2) is 8.42 Å². The summed E-state index contributed by atoms with van der Waals surface area (Å²) in [5.41, 5.74) is 0. The van der Waals surface area contributed by atoms with E-state index in [2.05, 4.69) is 16.7 Å². The zero-order valence-corrected chi connectivity index (χ0v) is 13.2. The van der Waals surface area contributed by atoms with Gasteiger partial charge in [0.15, 0.2) is 0 Å². The Hall–Kier alpha value is -0.130. The highest BCUT2D eigenvalue weighted by molar-refractivity contribution is 7.90. The maximum absolute atomic E-state index is 11.2. The molecule has 0 radical (unpaired) electrons. The topological polar surface area (TPSA) is 40.6 Å². The molecule has 19 heavy (non-hydrogen) atoms. The summed E-state index contributed by atoms with van der Waals surface area (Å²) in [6, 6.07) is 1.34. The molecular weight excluding hydrogens is 260 g/mol. The van der Waals surface area contributed by atoms with Crippen molar-refractivity contribution in [2.24, 2.45) is 0 Å². The lowest BCUT2D eigenvalue weighted by atomic mass is 9.96. The van der Waals surface area contributed by atoms with Crippen molar-refractivity contribution in [1.29, 1.82) is 0 Å². The standard InChI is InChI=1S/C14H28N2O2S/c1-3-13-11-16-8-5-4-7-14(16)12-15(13)9-6-10-19(2,17)18/h13-14H,3-12H2,1-2H3. The molecule has 2 saturated heterocycles. The molecular formula is C14H28N2O2S. The summed E-state index contributed by atoms with van der Waals surface area (Å²) < 4.78 is 22.5. The fourth-order valence-electron chi connectivity index (χ4n) is 3.50. The first kappa shape index (κ1) is 15.3. The van der Waals surface area contributed by atoms with E-state index in [9.17, 15) is 8.42 Å². The zero-order chi connectivity index (χ0) is 13.9. The van der Waals surface area contributed by atoms with E-state index in [0.717, 1.165) is 25.6 Å². The van der Waals surface area contributed by atoms with Gasteiger partial charge in [-0.1, -0.05) is 13.3 Å². The normalized spacial score (nSPS) is 30.2. The fraction of sp³-hybridized carbons (Fsp3) is 1.00. The second-order valence-electron chi connectivity index (χ2n) is 6.18. The smallest absolute Gasteiger partial charge is 0.147 e. The van der Waals surface area contributed by atoms with E-state index in [1.54, 1.807) is 0 Å². The van der Waals surface area contributed by atoms with Crippen LogP contribution in [0.4, 0.5) is 0 Å². The van der Waals surface area contributed by atoms with Crippen LogP contribution in [0.5, 0.6) is 0 Å². The maximum atomic E-state index is 11.2. The molecule has 0 aliphatic carbocycles. The molecule has 2 aliphatic rings. The number of sulfone groups is 1. The van der Waals surface area contributed by atoms with Gasteiger partial charge in [-0.3, -0.25) is 9.80 Å². The summed E-state index contributed by atoms with van der Waals surface area (Å²) in [4.78, 5) is 5.20. The van der Waals surface area contributed by atoms with Crippen LogP contribution in [0.15, 0.2) is 0 Å². The van der Waals surface area contributed by atoms with Gasteiger partial charge in [0.1, 0.15) is 9.84 Å². The molecule has 0 amide bonds. The average molecular weight is 288 g/mol.